The summed E-state index contributed by atoms with van der Waals surface area (Å²) in [6, 6.07) is 8.13. The molecule has 2 aromatic rings. The molecule has 0 aliphatic heterocycles. The lowest BCUT2D eigenvalue weighted by atomic mass is 10.1. The average molecular weight is 292 g/mol. The van der Waals surface area contributed by atoms with Gasteiger partial charge in [0.1, 0.15) is 5.82 Å². The molecule has 7 heteroatoms. The van der Waals surface area contributed by atoms with Gasteiger partial charge >= 0.3 is 5.97 Å². The first-order valence-corrected chi connectivity index (χ1v) is 7.11. The second-order valence-electron chi connectivity index (χ2n) is 4.36. The fraction of sp³-hybridized carbons (Fsp3) is 0.308. The monoisotopic (exact) mass is 292 g/mol. The zero-order valence-corrected chi connectivity index (χ0v) is 11.9. The minimum Gasteiger partial charge on any atom is -0.481 e. The van der Waals surface area contributed by atoms with E-state index < -0.39 is 5.97 Å². The SMILES string of the molecule is Cc1ccc(Cn2c(CN)nnc2SCC(=O)O)cc1. The number of aliphatic carboxylic acids is 1. The molecule has 0 aliphatic rings. The molecule has 2 rings (SSSR count). The maximum atomic E-state index is 10.7. The lowest BCUT2D eigenvalue weighted by Crippen LogP contribution is -2.11. The summed E-state index contributed by atoms with van der Waals surface area (Å²) in [6.07, 6.45) is 0. The molecule has 0 amide bonds. The number of hydrogen-bond acceptors (Lipinski definition) is 5. The molecule has 0 radical (unpaired) electrons. The third-order valence-electron chi connectivity index (χ3n) is 2.76. The summed E-state index contributed by atoms with van der Waals surface area (Å²) in [6.45, 7) is 2.89. The van der Waals surface area contributed by atoms with Gasteiger partial charge in [0.05, 0.1) is 18.8 Å². The second kappa shape index (κ2) is 6.53. The van der Waals surface area contributed by atoms with E-state index >= 15 is 0 Å². The summed E-state index contributed by atoms with van der Waals surface area (Å²) < 4.78 is 1.86. The Bertz CT molecular complexity index is 595. The van der Waals surface area contributed by atoms with Gasteiger partial charge in [-0.25, -0.2) is 0 Å². The van der Waals surface area contributed by atoms with Crippen LogP contribution in [0.3, 0.4) is 0 Å². The first-order valence-electron chi connectivity index (χ1n) is 6.12. The van der Waals surface area contributed by atoms with Gasteiger partial charge in [-0.1, -0.05) is 41.6 Å². The Kier molecular flexibility index (Phi) is 4.75. The van der Waals surface area contributed by atoms with Crippen LogP contribution in [0.15, 0.2) is 29.4 Å². The van der Waals surface area contributed by atoms with E-state index in [-0.39, 0.29) is 12.3 Å². The highest BCUT2D eigenvalue weighted by atomic mass is 32.2. The molecule has 6 nitrogen and oxygen atoms in total. The molecule has 0 aliphatic carbocycles. The van der Waals surface area contributed by atoms with Crippen LogP contribution in [0.1, 0.15) is 17.0 Å². The van der Waals surface area contributed by atoms with Crippen molar-refractivity contribution >= 4 is 17.7 Å². The van der Waals surface area contributed by atoms with Crippen LogP contribution < -0.4 is 5.73 Å². The van der Waals surface area contributed by atoms with E-state index in [1.165, 1.54) is 5.56 Å². The maximum absolute atomic E-state index is 10.7. The van der Waals surface area contributed by atoms with Crippen LogP contribution in [0, 0.1) is 6.92 Å². The lowest BCUT2D eigenvalue weighted by molar-refractivity contribution is -0.133. The number of hydrogen-bond donors (Lipinski definition) is 2. The molecule has 0 fully saturated rings. The van der Waals surface area contributed by atoms with Gasteiger partial charge in [-0.2, -0.15) is 0 Å². The number of nitrogens with zero attached hydrogens (tertiary/aromatic N) is 3. The predicted molar refractivity (Wildman–Crippen MR) is 76.6 cm³/mol. The van der Waals surface area contributed by atoms with E-state index in [0.717, 1.165) is 17.3 Å². The van der Waals surface area contributed by atoms with Crippen molar-refractivity contribution in [2.75, 3.05) is 5.75 Å². The molecule has 3 N–H and O–H groups in total. The Morgan fingerprint density at radius 2 is 2.05 bits per heavy atom. The van der Waals surface area contributed by atoms with Crippen molar-refractivity contribution in [1.82, 2.24) is 14.8 Å². The molecule has 0 saturated carbocycles. The van der Waals surface area contributed by atoms with Gasteiger partial charge in [-0.3, -0.25) is 4.79 Å². The molecule has 0 saturated heterocycles. The lowest BCUT2D eigenvalue weighted by Gasteiger charge is -2.09. The van der Waals surface area contributed by atoms with Crippen LogP contribution in [0.2, 0.25) is 0 Å². The molecule has 106 valence electrons. The molecular weight excluding hydrogens is 276 g/mol. The van der Waals surface area contributed by atoms with Gasteiger partial charge in [-0.05, 0) is 12.5 Å². The van der Waals surface area contributed by atoms with Crippen LogP contribution >= 0.6 is 11.8 Å². The second-order valence-corrected chi connectivity index (χ2v) is 5.30. The van der Waals surface area contributed by atoms with Crippen LogP contribution in [-0.4, -0.2) is 31.6 Å². The fourth-order valence-electron chi connectivity index (χ4n) is 1.74. The number of nitrogens with two attached hydrogens (primary N) is 1. The highest BCUT2D eigenvalue weighted by molar-refractivity contribution is 7.99. The van der Waals surface area contributed by atoms with Crippen molar-refractivity contribution < 1.29 is 9.90 Å². The molecule has 0 spiro atoms. The van der Waals surface area contributed by atoms with Gasteiger partial charge in [0, 0.05) is 0 Å². The minimum absolute atomic E-state index is 0.0450. The number of thioether (sulfide) groups is 1. The predicted octanol–water partition coefficient (Wildman–Crippen LogP) is 1.27. The highest BCUT2D eigenvalue weighted by Crippen LogP contribution is 2.18. The van der Waals surface area contributed by atoms with Crippen molar-refractivity contribution in [3.63, 3.8) is 0 Å². The fourth-order valence-corrected chi connectivity index (χ4v) is 2.41. The molecule has 0 atom stereocenters. The number of rotatable bonds is 6. The number of aryl methyl sites for hydroxylation is 1. The molecule has 1 heterocycles. The zero-order chi connectivity index (χ0) is 14.5. The van der Waals surface area contributed by atoms with Gasteiger partial charge < -0.3 is 15.4 Å². The van der Waals surface area contributed by atoms with Gasteiger partial charge in [0.25, 0.3) is 0 Å². The Balaban J connectivity index is 2.21. The smallest absolute Gasteiger partial charge is 0.313 e. The summed E-state index contributed by atoms with van der Waals surface area (Å²) in [4.78, 5) is 10.7. The van der Waals surface area contributed by atoms with Gasteiger partial charge in [0.2, 0.25) is 0 Å². The number of carboxylic acid groups (broad SMARTS) is 1. The molecule has 1 aromatic heterocycles. The number of carbonyl (C=O) groups is 1. The van der Waals surface area contributed by atoms with E-state index in [1.807, 2.05) is 35.8 Å². The number of benzene rings is 1. The molecular formula is C13H16N4O2S. The average Bonchev–Trinajstić information content (AvgIpc) is 2.81. The molecule has 0 bridgehead atoms. The van der Waals surface area contributed by atoms with Gasteiger partial charge in [0.15, 0.2) is 5.16 Å². The summed E-state index contributed by atoms with van der Waals surface area (Å²) in [5.41, 5.74) is 7.94. The molecule has 0 unspecified atom stereocenters. The quantitative estimate of drug-likeness (QED) is 0.779. The standard InChI is InChI=1S/C13H16N4O2S/c1-9-2-4-10(5-3-9)7-17-11(6-14)15-16-13(17)20-8-12(18)19/h2-5H,6-8,14H2,1H3,(H,18,19). The Hall–Kier alpha value is -1.86. The van der Waals surface area contributed by atoms with Crippen LogP contribution in [0.4, 0.5) is 0 Å². The first kappa shape index (κ1) is 14.5. The Morgan fingerprint density at radius 1 is 1.35 bits per heavy atom. The van der Waals surface area contributed by atoms with Crippen molar-refractivity contribution in [3.8, 4) is 0 Å². The van der Waals surface area contributed by atoms with Crippen LogP contribution in [-0.2, 0) is 17.9 Å². The zero-order valence-electron chi connectivity index (χ0n) is 11.1. The van der Waals surface area contributed by atoms with Crippen molar-refractivity contribution in [2.24, 2.45) is 5.73 Å². The van der Waals surface area contributed by atoms with E-state index in [0.29, 0.717) is 17.5 Å². The first-order chi connectivity index (χ1) is 9.60. The van der Waals surface area contributed by atoms with Gasteiger partial charge in [-0.15, -0.1) is 10.2 Å². The third-order valence-corrected chi connectivity index (χ3v) is 3.71. The molecule has 1 aromatic carbocycles. The third kappa shape index (κ3) is 3.58. The Labute approximate surface area is 121 Å². The normalized spacial score (nSPS) is 10.7. The highest BCUT2D eigenvalue weighted by Gasteiger charge is 2.13. The van der Waals surface area contributed by atoms with E-state index in [2.05, 4.69) is 10.2 Å². The van der Waals surface area contributed by atoms with Crippen molar-refractivity contribution in [3.05, 3.63) is 41.2 Å². The Morgan fingerprint density at radius 3 is 2.65 bits per heavy atom. The number of aromatic nitrogens is 3. The summed E-state index contributed by atoms with van der Waals surface area (Å²) in [5, 5.41) is 17.3. The van der Waals surface area contributed by atoms with Crippen molar-refractivity contribution in [1.29, 1.82) is 0 Å². The van der Waals surface area contributed by atoms with Crippen LogP contribution in [0.25, 0.3) is 0 Å². The summed E-state index contributed by atoms with van der Waals surface area (Å²) in [5.74, 6) is -0.274. The summed E-state index contributed by atoms with van der Waals surface area (Å²) in [7, 11) is 0. The van der Waals surface area contributed by atoms with E-state index in [9.17, 15) is 4.79 Å². The summed E-state index contributed by atoms with van der Waals surface area (Å²) >= 11 is 1.15. The minimum atomic E-state index is -0.880. The van der Waals surface area contributed by atoms with Crippen LogP contribution in [0.5, 0.6) is 0 Å². The topological polar surface area (TPSA) is 94.0 Å². The molecule has 20 heavy (non-hydrogen) atoms. The maximum Gasteiger partial charge on any atom is 0.313 e. The number of carboxylic acids is 1. The van der Waals surface area contributed by atoms with E-state index in [4.69, 9.17) is 10.8 Å². The van der Waals surface area contributed by atoms with E-state index in [1.54, 1.807) is 0 Å². The van der Waals surface area contributed by atoms with Crippen molar-refractivity contribution in [2.45, 2.75) is 25.2 Å². The largest absolute Gasteiger partial charge is 0.481 e.